The second kappa shape index (κ2) is 6.46. The van der Waals surface area contributed by atoms with E-state index in [0.29, 0.717) is 5.02 Å². The Labute approximate surface area is 104 Å². The molecule has 0 bridgehead atoms. The van der Waals surface area contributed by atoms with Crippen molar-refractivity contribution in [2.45, 2.75) is 12.5 Å². The Kier molecular flexibility index (Phi) is 6.45. The first-order valence-electron chi connectivity index (χ1n) is 3.96. The minimum absolute atomic E-state index is 0. The SMILES string of the molecule is C=CC[C@@H](N)c1ccc(Cl)c(Br)c1.Cl. The molecule has 0 saturated carbocycles. The third-order valence-corrected chi connectivity index (χ3v) is 3.01. The van der Waals surface area contributed by atoms with Gasteiger partial charge in [0.2, 0.25) is 0 Å². The second-order valence-corrected chi connectivity index (χ2v) is 4.07. The average molecular weight is 297 g/mol. The van der Waals surface area contributed by atoms with Gasteiger partial charge in [-0.15, -0.1) is 19.0 Å². The highest BCUT2D eigenvalue weighted by molar-refractivity contribution is 9.10. The molecule has 4 heteroatoms. The zero-order valence-electron chi connectivity index (χ0n) is 7.54. The van der Waals surface area contributed by atoms with Gasteiger partial charge in [-0.2, -0.15) is 0 Å². The third-order valence-electron chi connectivity index (χ3n) is 1.79. The maximum absolute atomic E-state index is 5.89. The molecule has 0 fully saturated rings. The van der Waals surface area contributed by atoms with Crippen molar-refractivity contribution < 1.29 is 0 Å². The van der Waals surface area contributed by atoms with Gasteiger partial charge >= 0.3 is 0 Å². The summed E-state index contributed by atoms with van der Waals surface area (Å²) in [4.78, 5) is 0. The van der Waals surface area contributed by atoms with Crippen molar-refractivity contribution in [2.75, 3.05) is 0 Å². The maximum Gasteiger partial charge on any atom is 0.0548 e. The molecular formula is C10H12BrCl2N. The molecule has 1 rings (SSSR count). The predicted octanol–water partition coefficient (Wildman–Crippen LogP) is 4.10. The summed E-state index contributed by atoms with van der Waals surface area (Å²) in [6.45, 7) is 3.65. The Balaban J connectivity index is 0.00000169. The molecule has 0 aliphatic carbocycles. The van der Waals surface area contributed by atoms with E-state index >= 15 is 0 Å². The van der Waals surface area contributed by atoms with Gasteiger partial charge in [-0.3, -0.25) is 0 Å². The monoisotopic (exact) mass is 295 g/mol. The first-order valence-corrected chi connectivity index (χ1v) is 5.13. The fraction of sp³-hybridized carbons (Fsp3) is 0.200. The van der Waals surface area contributed by atoms with Crippen molar-refractivity contribution in [2.24, 2.45) is 5.73 Å². The lowest BCUT2D eigenvalue weighted by Crippen LogP contribution is -2.08. The number of hydrogen-bond acceptors (Lipinski definition) is 1. The molecule has 0 aromatic heterocycles. The molecule has 0 amide bonds. The van der Waals surface area contributed by atoms with Gasteiger partial charge in [0.1, 0.15) is 0 Å². The molecule has 0 unspecified atom stereocenters. The van der Waals surface area contributed by atoms with Crippen LogP contribution in [0.5, 0.6) is 0 Å². The first-order chi connectivity index (χ1) is 6.15. The molecule has 78 valence electrons. The van der Waals surface area contributed by atoms with Crippen LogP contribution >= 0.6 is 39.9 Å². The lowest BCUT2D eigenvalue weighted by atomic mass is 10.1. The zero-order chi connectivity index (χ0) is 9.84. The van der Waals surface area contributed by atoms with Crippen LogP contribution in [0.3, 0.4) is 0 Å². The molecule has 2 N–H and O–H groups in total. The summed E-state index contributed by atoms with van der Waals surface area (Å²) < 4.78 is 0.881. The quantitative estimate of drug-likeness (QED) is 0.835. The highest BCUT2D eigenvalue weighted by Gasteiger charge is 2.05. The maximum atomic E-state index is 5.89. The van der Waals surface area contributed by atoms with E-state index in [1.165, 1.54) is 0 Å². The molecule has 1 aromatic rings. The Bertz CT molecular complexity index is 315. The number of hydrogen-bond donors (Lipinski definition) is 1. The van der Waals surface area contributed by atoms with E-state index in [-0.39, 0.29) is 18.4 Å². The van der Waals surface area contributed by atoms with E-state index in [2.05, 4.69) is 22.5 Å². The summed E-state index contributed by atoms with van der Waals surface area (Å²) in [7, 11) is 0. The van der Waals surface area contributed by atoms with Gasteiger partial charge in [0, 0.05) is 10.5 Å². The standard InChI is InChI=1S/C10H11BrClN.ClH/c1-2-3-10(13)7-4-5-9(12)8(11)6-7;/h2,4-6,10H,1,3,13H2;1H/t10-;/m1./s1. The average Bonchev–Trinajstić information content (AvgIpc) is 2.10. The van der Waals surface area contributed by atoms with Crippen LogP contribution in [-0.4, -0.2) is 0 Å². The number of halogens is 3. The lowest BCUT2D eigenvalue weighted by molar-refractivity contribution is 0.741. The van der Waals surface area contributed by atoms with Crippen molar-refractivity contribution in [3.8, 4) is 0 Å². The summed E-state index contributed by atoms with van der Waals surface area (Å²) >= 11 is 9.21. The highest BCUT2D eigenvalue weighted by Crippen LogP contribution is 2.26. The van der Waals surface area contributed by atoms with Crippen LogP contribution in [0.25, 0.3) is 0 Å². The van der Waals surface area contributed by atoms with Crippen LogP contribution in [0.1, 0.15) is 18.0 Å². The predicted molar refractivity (Wildman–Crippen MR) is 68.1 cm³/mol. The summed E-state index contributed by atoms with van der Waals surface area (Å²) in [5.41, 5.74) is 6.96. The van der Waals surface area contributed by atoms with Crippen LogP contribution < -0.4 is 5.73 Å². The third kappa shape index (κ3) is 3.62. The lowest BCUT2D eigenvalue weighted by Gasteiger charge is -2.09. The summed E-state index contributed by atoms with van der Waals surface area (Å²) in [6.07, 6.45) is 2.58. The molecule has 0 aliphatic rings. The molecule has 0 saturated heterocycles. The highest BCUT2D eigenvalue weighted by atomic mass is 79.9. The fourth-order valence-corrected chi connectivity index (χ4v) is 1.57. The Morgan fingerprint density at radius 1 is 1.57 bits per heavy atom. The molecule has 0 spiro atoms. The summed E-state index contributed by atoms with van der Waals surface area (Å²) in [5.74, 6) is 0. The van der Waals surface area contributed by atoms with Crippen molar-refractivity contribution in [1.82, 2.24) is 0 Å². The van der Waals surface area contributed by atoms with E-state index in [9.17, 15) is 0 Å². The fourth-order valence-electron chi connectivity index (χ4n) is 1.06. The minimum Gasteiger partial charge on any atom is -0.324 e. The van der Waals surface area contributed by atoms with Gasteiger partial charge in [-0.25, -0.2) is 0 Å². The molecule has 1 aromatic carbocycles. The minimum atomic E-state index is 0. The second-order valence-electron chi connectivity index (χ2n) is 2.80. The molecule has 0 aliphatic heterocycles. The normalized spacial score (nSPS) is 11.6. The van der Waals surface area contributed by atoms with E-state index in [0.717, 1.165) is 16.5 Å². The largest absolute Gasteiger partial charge is 0.324 e. The van der Waals surface area contributed by atoms with Crippen molar-refractivity contribution in [3.05, 3.63) is 45.9 Å². The molecule has 0 radical (unpaired) electrons. The molecular weight excluding hydrogens is 285 g/mol. The summed E-state index contributed by atoms with van der Waals surface area (Å²) in [6, 6.07) is 5.72. The van der Waals surface area contributed by atoms with Gasteiger partial charge in [0.05, 0.1) is 5.02 Å². The summed E-state index contributed by atoms with van der Waals surface area (Å²) in [5, 5.41) is 0.703. The van der Waals surface area contributed by atoms with E-state index in [1.807, 2.05) is 24.3 Å². The topological polar surface area (TPSA) is 26.0 Å². The van der Waals surface area contributed by atoms with Crippen LogP contribution in [0.2, 0.25) is 5.02 Å². The van der Waals surface area contributed by atoms with Gasteiger partial charge in [0.25, 0.3) is 0 Å². The molecule has 1 nitrogen and oxygen atoms in total. The Hall–Kier alpha value is -0.0200. The van der Waals surface area contributed by atoms with Crippen LogP contribution in [-0.2, 0) is 0 Å². The zero-order valence-corrected chi connectivity index (χ0v) is 10.7. The van der Waals surface area contributed by atoms with Crippen LogP contribution in [0.4, 0.5) is 0 Å². The number of nitrogens with two attached hydrogens (primary N) is 1. The molecule has 0 heterocycles. The molecule has 1 atom stereocenters. The molecule has 14 heavy (non-hydrogen) atoms. The van der Waals surface area contributed by atoms with Crippen LogP contribution in [0, 0.1) is 0 Å². The number of rotatable bonds is 3. The Morgan fingerprint density at radius 2 is 2.21 bits per heavy atom. The van der Waals surface area contributed by atoms with E-state index in [1.54, 1.807) is 0 Å². The van der Waals surface area contributed by atoms with Gasteiger partial charge < -0.3 is 5.73 Å². The smallest absolute Gasteiger partial charge is 0.0548 e. The van der Waals surface area contributed by atoms with Gasteiger partial charge in [-0.1, -0.05) is 23.7 Å². The van der Waals surface area contributed by atoms with E-state index < -0.39 is 0 Å². The number of benzene rings is 1. The van der Waals surface area contributed by atoms with Gasteiger partial charge in [-0.05, 0) is 40.0 Å². The Morgan fingerprint density at radius 3 is 2.71 bits per heavy atom. The van der Waals surface area contributed by atoms with Crippen LogP contribution in [0.15, 0.2) is 35.3 Å². The first kappa shape index (κ1) is 14.0. The van der Waals surface area contributed by atoms with E-state index in [4.69, 9.17) is 17.3 Å². The van der Waals surface area contributed by atoms with Crippen molar-refractivity contribution in [3.63, 3.8) is 0 Å². The van der Waals surface area contributed by atoms with Gasteiger partial charge in [0.15, 0.2) is 0 Å². The van der Waals surface area contributed by atoms with Crippen molar-refractivity contribution in [1.29, 1.82) is 0 Å². The van der Waals surface area contributed by atoms with Crippen molar-refractivity contribution >= 4 is 39.9 Å².